The molecule has 2 atom stereocenters. The molecular weight excluding hydrogens is 390 g/mol. The molecule has 164 valence electrons. The number of aliphatic hydroxyl groups is 1. The van der Waals surface area contributed by atoms with Crippen LogP contribution in [0.3, 0.4) is 0 Å². The Labute approximate surface area is 183 Å². The Kier molecular flexibility index (Phi) is 6.96. The van der Waals surface area contributed by atoms with E-state index in [0.717, 1.165) is 48.9 Å². The minimum Gasteiger partial charge on any atom is -0.497 e. The average Bonchev–Trinajstić information content (AvgIpc) is 3.26. The Hall–Kier alpha value is -2.74. The number of piperidine rings is 1. The number of nitrogens with zero attached hydrogens (tertiary/aromatic N) is 5. The Morgan fingerprint density at radius 3 is 2.68 bits per heavy atom. The molecule has 4 rings (SSSR count). The first-order chi connectivity index (χ1) is 15.1. The molecule has 1 aromatic carbocycles. The van der Waals surface area contributed by atoms with E-state index in [-0.39, 0.29) is 12.1 Å². The highest BCUT2D eigenvalue weighted by Crippen LogP contribution is 2.21. The van der Waals surface area contributed by atoms with E-state index < -0.39 is 0 Å². The molecule has 1 aliphatic heterocycles. The lowest BCUT2D eigenvalue weighted by Gasteiger charge is -2.40. The smallest absolute Gasteiger partial charge is 0.127 e. The van der Waals surface area contributed by atoms with Gasteiger partial charge in [-0.1, -0.05) is 6.07 Å². The summed E-state index contributed by atoms with van der Waals surface area (Å²) < 4.78 is 7.35. The van der Waals surface area contributed by atoms with Gasteiger partial charge in [0.15, 0.2) is 0 Å². The third kappa shape index (κ3) is 5.31. The van der Waals surface area contributed by atoms with E-state index in [1.165, 1.54) is 0 Å². The molecule has 1 N–H and O–H groups in total. The molecule has 1 fully saturated rings. The number of β-amino-alcohol motifs (C(OH)–C–C–N with tert-alkyl or cyclic N) is 1. The normalized spacial score (nSPS) is 19.6. The van der Waals surface area contributed by atoms with Gasteiger partial charge >= 0.3 is 0 Å². The molecule has 7 heteroatoms. The quantitative estimate of drug-likeness (QED) is 0.603. The second-order valence-electron chi connectivity index (χ2n) is 8.12. The van der Waals surface area contributed by atoms with Crippen molar-refractivity contribution in [2.45, 2.75) is 31.5 Å². The van der Waals surface area contributed by atoms with Crippen molar-refractivity contribution in [2.75, 3.05) is 33.8 Å². The number of methoxy groups -OCH3 is 1. The van der Waals surface area contributed by atoms with Crippen molar-refractivity contribution < 1.29 is 9.84 Å². The van der Waals surface area contributed by atoms with Crippen LogP contribution < -0.4 is 4.74 Å². The molecule has 0 bridgehead atoms. The zero-order chi connectivity index (χ0) is 21.6. The average molecular weight is 422 g/mol. The Morgan fingerprint density at radius 2 is 1.97 bits per heavy atom. The molecule has 31 heavy (non-hydrogen) atoms. The number of likely N-dealkylation sites (tertiary alicyclic amines) is 1. The molecule has 0 aliphatic carbocycles. The van der Waals surface area contributed by atoms with Crippen molar-refractivity contribution in [1.29, 1.82) is 0 Å². The van der Waals surface area contributed by atoms with Crippen LogP contribution in [-0.2, 0) is 13.0 Å². The van der Waals surface area contributed by atoms with Crippen molar-refractivity contribution in [3.63, 3.8) is 0 Å². The lowest BCUT2D eigenvalue weighted by Crippen LogP contribution is -2.53. The van der Waals surface area contributed by atoms with Gasteiger partial charge in [-0.3, -0.25) is 9.88 Å². The van der Waals surface area contributed by atoms with Crippen LogP contribution in [0.4, 0.5) is 0 Å². The number of pyridine rings is 1. The van der Waals surface area contributed by atoms with Crippen molar-refractivity contribution >= 4 is 0 Å². The molecule has 3 aromatic rings. The van der Waals surface area contributed by atoms with Crippen LogP contribution in [0.15, 0.2) is 61.1 Å². The molecule has 7 nitrogen and oxygen atoms in total. The van der Waals surface area contributed by atoms with E-state index in [4.69, 9.17) is 4.74 Å². The number of rotatable bonds is 8. The van der Waals surface area contributed by atoms with Crippen LogP contribution in [-0.4, -0.2) is 75.4 Å². The third-order valence-corrected chi connectivity index (χ3v) is 6.08. The van der Waals surface area contributed by atoms with Crippen LogP contribution in [0.1, 0.15) is 17.9 Å². The molecule has 0 radical (unpaired) electrons. The zero-order valence-corrected chi connectivity index (χ0v) is 18.3. The SMILES string of the molecule is COc1ccc(-n2ccnc2CN2CC[C@@H](N(C)CCc3ccccn3)[C@H](O)C2)cc1. The predicted octanol–water partition coefficient (Wildman–Crippen LogP) is 2.39. The fourth-order valence-corrected chi connectivity index (χ4v) is 4.27. The van der Waals surface area contributed by atoms with E-state index in [9.17, 15) is 5.11 Å². The summed E-state index contributed by atoms with van der Waals surface area (Å²) >= 11 is 0. The van der Waals surface area contributed by atoms with E-state index in [1.54, 1.807) is 7.11 Å². The number of aromatic nitrogens is 3. The minimum atomic E-state index is -0.383. The summed E-state index contributed by atoms with van der Waals surface area (Å²) in [4.78, 5) is 13.5. The van der Waals surface area contributed by atoms with Gasteiger partial charge in [0.2, 0.25) is 0 Å². The van der Waals surface area contributed by atoms with Crippen molar-refractivity contribution in [3.05, 3.63) is 72.6 Å². The van der Waals surface area contributed by atoms with E-state index in [0.29, 0.717) is 13.1 Å². The first-order valence-electron chi connectivity index (χ1n) is 10.8. The molecular formula is C24H31N5O2. The molecule has 1 saturated heterocycles. The number of aliphatic hydroxyl groups excluding tert-OH is 1. The van der Waals surface area contributed by atoms with Gasteiger partial charge in [0.05, 0.1) is 19.8 Å². The molecule has 0 unspecified atom stereocenters. The number of imidazole rings is 1. The minimum absolute atomic E-state index is 0.168. The van der Waals surface area contributed by atoms with Gasteiger partial charge in [0.25, 0.3) is 0 Å². The summed E-state index contributed by atoms with van der Waals surface area (Å²) in [6, 6.07) is 14.1. The summed E-state index contributed by atoms with van der Waals surface area (Å²) in [5, 5.41) is 10.8. The van der Waals surface area contributed by atoms with E-state index in [1.807, 2.05) is 55.0 Å². The molecule has 3 heterocycles. The summed E-state index contributed by atoms with van der Waals surface area (Å²) in [7, 11) is 3.77. The molecule has 0 saturated carbocycles. The van der Waals surface area contributed by atoms with Gasteiger partial charge in [0.1, 0.15) is 11.6 Å². The van der Waals surface area contributed by atoms with Crippen molar-refractivity contribution in [3.8, 4) is 11.4 Å². The number of benzene rings is 1. The number of ether oxygens (including phenoxy) is 1. The maximum absolute atomic E-state index is 10.8. The fourth-order valence-electron chi connectivity index (χ4n) is 4.27. The van der Waals surface area contributed by atoms with Gasteiger partial charge in [-0.05, 0) is 49.9 Å². The highest BCUT2D eigenvalue weighted by atomic mass is 16.5. The topological polar surface area (TPSA) is 66.7 Å². The van der Waals surface area contributed by atoms with Gasteiger partial charge in [-0.25, -0.2) is 4.98 Å². The Bertz CT molecular complexity index is 944. The highest BCUT2D eigenvalue weighted by molar-refractivity contribution is 5.38. The lowest BCUT2D eigenvalue weighted by molar-refractivity contribution is -0.00701. The lowest BCUT2D eigenvalue weighted by atomic mass is 10.00. The summed E-state index contributed by atoms with van der Waals surface area (Å²) in [5.74, 6) is 1.81. The number of hydrogen-bond acceptors (Lipinski definition) is 6. The first-order valence-corrected chi connectivity index (χ1v) is 10.8. The number of likely N-dealkylation sites (N-methyl/N-ethyl adjacent to an activating group) is 1. The molecule has 2 aromatic heterocycles. The van der Waals surface area contributed by atoms with Crippen LogP contribution in [0, 0.1) is 0 Å². The van der Waals surface area contributed by atoms with Crippen molar-refractivity contribution in [1.82, 2.24) is 24.3 Å². The largest absolute Gasteiger partial charge is 0.497 e. The van der Waals surface area contributed by atoms with E-state index in [2.05, 4.69) is 37.4 Å². The molecule has 0 amide bonds. The monoisotopic (exact) mass is 421 g/mol. The molecule has 1 aliphatic rings. The maximum atomic E-state index is 10.8. The maximum Gasteiger partial charge on any atom is 0.127 e. The summed E-state index contributed by atoms with van der Waals surface area (Å²) in [5.41, 5.74) is 2.14. The number of hydrogen-bond donors (Lipinski definition) is 1. The first kappa shape index (κ1) is 21.5. The van der Waals surface area contributed by atoms with Crippen LogP contribution in [0.5, 0.6) is 5.75 Å². The Morgan fingerprint density at radius 1 is 1.13 bits per heavy atom. The van der Waals surface area contributed by atoms with Gasteiger partial charge < -0.3 is 19.3 Å². The Balaban J connectivity index is 1.33. The van der Waals surface area contributed by atoms with Gasteiger partial charge in [-0.15, -0.1) is 0 Å². The van der Waals surface area contributed by atoms with Crippen molar-refractivity contribution in [2.24, 2.45) is 0 Å². The molecule has 0 spiro atoms. The fraction of sp³-hybridized carbons (Fsp3) is 0.417. The third-order valence-electron chi connectivity index (χ3n) is 6.08. The zero-order valence-electron chi connectivity index (χ0n) is 18.3. The van der Waals surface area contributed by atoms with E-state index >= 15 is 0 Å². The van der Waals surface area contributed by atoms with Crippen LogP contribution >= 0.6 is 0 Å². The second-order valence-corrected chi connectivity index (χ2v) is 8.12. The van der Waals surface area contributed by atoms with Crippen LogP contribution in [0.2, 0.25) is 0 Å². The highest BCUT2D eigenvalue weighted by Gasteiger charge is 2.30. The van der Waals surface area contributed by atoms with Gasteiger partial charge in [-0.2, -0.15) is 0 Å². The second kappa shape index (κ2) is 10.0. The summed E-state index contributed by atoms with van der Waals surface area (Å²) in [6.45, 7) is 3.18. The standard InChI is InChI=1S/C24H31N5O2/c1-27(14-10-19-5-3-4-12-25-19)22-11-15-28(17-23(22)30)18-24-26-13-16-29(24)20-6-8-21(31-2)9-7-20/h3-9,12-13,16,22-23,30H,10-11,14-15,17-18H2,1-2H3/t22-,23-/m1/s1. The summed E-state index contributed by atoms with van der Waals surface area (Å²) in [6.07, 6.45) is 7.08. The van der Waals surface area contributed by atoms with Gasteiger partial charge in [0, 0.05) is 62.1 Å². The predicted molar refractivity (Wildman–Crippen MR) is 120 cm³/mol. The van der Waals surface area contributed by atoms with Crippen LogP contribution in [0.25, 0.3) is 5.69 Å².